The topological polar surface area (TPSA) is 101 Å². The van der Waals surface area contributed by atoms with E-state index in [1.54, 1.807) is 12.3 Å². The SMILES string of the molecule is CC(C)N1C2=N/C(C3=CCCCc4ccc(-c5ccc(=O)n(CC(O)CN)c5)cc43)=C\C(=O)C(CC2)CC1(C)C. The van der Waals surface area contributed by atoms with Gasteiger partial charge >= 0.3 is 0 Å². The third-order valence-electron chi connectivity index (χ3n) is 8.51. The summed E-state index contributed by atoms with van der Waals surface area (Å²) >= 11 is 0. The number of nitrogens with two attached hydrogens (primary N) is 1. The second-order valence-electron chi connectivity index (χ2n) is 12.4. The molecule has 2 atom stereocenters. The fourth-order valence-electron chi connectivity index (χ4n) is 6.75. The van der Waals surface area contributed by atoms with Crippen molar-refractivity contribution in [3.05, 3.63) is 75.9 Å². The van der Waals surface area contributed by atoms with E-state index in [9.17, 15) is 14.7 Å². The molecule has 2 unspecified atom stereocenters. The molecule has 0 amide bonds. The Labute approximate surface area is 237 Å². The zero-order valence-corrected chi connectivity index (χ0v) is 24.2. The Bertz CT molecular complexity index is 1450. The van der Waals surface area contributed by atoms with Gasteiger partial charge in [0.2, 0.25) is 0 Å². The van der Waals surface area contributed by atoms with Crippen LogP contribution in [0.3, 0.4) is 0 Å². The van der Waals surface area contributed by atoms with Gasteiger partial charge in [-0.3, -0.25) is 9.59 Å². The first kappa shape index (κ1) is 28.2. The van der Waals surface area contributed by atoms with Crippen LogP contribution in [-0.2, 0) is 17.8 Å². The molecule has 1 fully saturated rings. The Morgan fingerprint density at radius 2 is 1.90 bits per heavy atom. The van der Waals surface area contributed by atoms with Crippen LogP contribution in [-0.4, -0.2) is 50.4 Å². The number of allylic oxidation sites excluding steroid dienone is 3. The van der Waals surface area contributed by atoms with Gasteiger partial charge in [0.05, 0.1) is 18.3 Å². The van der Waals surface area contributed by atoms with Crippen molar-refractivity contribution in [2.45, 2.75) is 90.4 Å². The van der Waals surface area contributed by atoms with E-state index < -0.39 is 6.10 Å². The van der Waals surface area contributed by atoms with Crippen molar-refractivity contribution in [2.75, 3.05) is 6.54 Å². The van der Waals surface area contributed by atoms with Gasteiger partial charge in [0.25, 0.3) is 5.56 Å². The predicted octanol–water partition coefficient (Wildman–Crippen LogP) is 4.71. The van der Waals surface area contributed by atoms with Crippen LogP contribution in [0.2, 0.25) is 0 Å². The maximum atomic E-state index is 13.6. The van der Waals surface area contributed by atoms with Crippen molar-refractivity contribution < 1.29 is 9.90 Å². The van der Waals surface area contributed by atoms with Crippen molar-refractivity contribution in [3.63, 3.8) is 0 Å². The molecule has 7 heteroatoms. The van der Waals surface area contributed by atoms with E-state index in [0.717, 1.165) is 72.3 Å². The number of aliphatic hydroxyl groups excluding tert-OH is 1. The van der Waals surface area contributed by atoms with Gasteiger partial charge in [0.1, 0.15) is 5.84 Å². The third kappa shape index (κ3) is 5.63. The van der Waals surface area contributed by atoms with E-state index in [2.05, 4.69) is 56.9 Å². The van der Waals surface area contributed by atoms with Crippen molar-refractivity contribution in [1.29, 1.82) is 0 Å². The minimum atomic E-state index is -0.785. The van der Waals surface area contributed by atoms with Gasteiger partial charge in [-0.1, -0.05) is 18.2 Å². The molecule has 3 aliphatic rings. The van der Waals surface area contributed by atoms with E-state index >= 15 is 0 Å². The Kier molecular flexibility index (Phi) is 7.98. The smallest absolute Gasteiger partial charge is 0.250 e. The molecule has 3 heterocycles. The normalized spacial score (nSPS) is 22.8. The standard InChI is InChI=1S/C33H42N4O3/c1-21(2)37-31-13-11-24(17-33(37,3)4)30(39)16-29(35-31)27-8-6-5-7-22-9-10-23(15-28(22)27)25-12-14-32(40)36(19-25)20-26(38)18-34/h8-10,12,14-16,19,21,24,26,38H,5-7,11,13,17-18,20,34H2,1-4H3/b29-16-,35-31?. The number of carbonyl (C=O) groups excluding carboxylic acids is 1. The third-order valence-corrected chi connectivity index (χ3v) is 8.51. The molecule has 2 aromatic rings. The number of likely N-dealkylation sites (tertiary alicyclic amines) is 1. The Balaban J connectivity index is 1.61. The van der Waals surface area contributed by atoms with E-state index in [4.69, 9.17) is 10.7 Å². The average molecular weight is 543 g/mol. The molecule has 40 heavy (non-hydrogen) atoms. The van der Waals surface area contributed by atoms with Crippen molar-refractivity contribution in [1.82, 2.24) is 9.47 Å². The quantitative estimate of drug-likeness (QED) is 0.551. The summed E-state index contributed by atoms with van der Waals surface area (Å²) in [5.74, 6) is 1.22. The largest absolute Gasteiger partial charge is 0.390 e. The van der Waals surface area contributed by atoms with Crippen molar-refractivity contribution in [2.24, 2.45) is 16.6 Å². The Hall–Kier alpha value is -3.29. The van der Waals surface area contributed by atoms with Crippen LogP contribution in [0.4, 0.5) is 0 Å². The molecule has 1 aliphatic carbocycles. The summed E-state index contributed by atoms with van der Waals surface area (Å²) in [4.78, 5) is 33.7. The molecular weight excluding hydrogens is 500 g/mol. The highest BCUT2D eigenvalue weighted by Gasteiger charge is 2.40. The molecule has 212 valence electrons. The molecule has 3 N–H and O–H groups in total. The van der Waals surface area contributed by atoms with Gasteiger partial charge in [-0.25, -0.2) is 4.99 Å². The number of aliphatic imine (C=N–C) groups is 1. The number of hydrogen-bond donors (Lipinski definition) is 2. The molecule has 7 nitrogen and oxygen atoms in total. The lowest BCUT2D eigenvalue weighted by atomic mass is 9.85. The van der Waals surface area contributed by atoms with Crippen LogP contribution in [0.5, 0.6) is 0 Å². The lowest BCUT2D eigenvalue weighted by Gasteiger charge is -2.43. The van der Waals surface area contributed by atoms with Crippen LogP contribution in [0, 0.1) is 5.92 Å². The number of benzene rings is 1. The maximum absolute atomic E-state index is 13.6. The van der Waals surface area contributed by atoms with Gasteiger partial charge in [-0.15, -0.1) is 0 Å². The molecular formula is C33H42N4O3. The van der Waals surface area contributed by atoms with Gasteiger partial charge < -0.3 is 20.3 Å². The Morgan fingerprint density at radius 1 is 1.12 bits per heavy atom. The average Bonchev–Trinajstić information content (AvgIpc) is 3.18. The zero-order chi connectivity index (χ0) is 28.6. The fourth-order valence-corrected chi connectivity index (χ4v) is 6.75. The summed E-state index contributed by atoms with van der Waals surface area (Å²) in [5, 5.41) is 10.0. The second-order valence-corrected chi connectivity index (χ2v) is 12.4. The molecule has 0 saturated carbocycles. The summed E-state index contributed by atoms with van der Waals surface area (Å²) in [6, 6.07) is 10.0. The number of aliphatic hydroxyl groups is 1. The monoisotopic (exact) mass is 542 g/mol. The molecule has 0 spiro atoms. The minimum Gasteiger partial charge on any atom is -0.390 e. The number of pyridine rings is 1. The van der Waals surface area contributed by atoms with Crippen molar-refractivity contribution >= 4 is 17.2 Å². The first-order valence-corrected chi connectivity index (χ1v) is 14.6. The van der Waals surface area contributed by atoms with E-state index in [0.29, 0.717) is 0 Å². The summed E-state index contributed by atoms with van der Waals surface area (Å²) < 4.78 is 1.51. The van der Waals surface area contributed by atoms with Gasteiger partial charge in [-0.2, -0.15) is 0 Å². The number of ketones is 1. The van der Waals surface area contributed by atoms with Gasteiger partial charge in [-0.05, 0) is 94.2 Å². The lowest BCUT2D eigenvalue weighted by Crippen LogP contribution is -2.50. The summed E-state index contributed by atoms with van der Waals surface area (Å²) in [6.45, 7) is 9.12. The van der Waals surface area contributed by atoms with Crippen LogP contribution < -0.4 is 11.3 Å². The number of amidine groups is 1. The van der Waals surface area contributed by atoms with Crippen LogP contribution in [0.1, 0.15) is 70.9 Å². The second kappa shape index (κ2) is 11.3. The number of hydrogen-bond acceptors (Lipinski definition) is 6. The number of rotatable bonds is 6. The van der Waals surface area contributed by atoms with Crippen LogP contribution in [0.15, 0.2) is 64.2 Å². The number of fused-ring (bicyclic) bond motifs is 4. The highest BCUT2D eigenvalue weighted by molar-refractivity contribution is 6.00. The van der Waals surface area contributed by atoms with E-state index in [1.165, 1.54) is 16.2 Å². The minimum absolute atomic E-state index is 0.0126. The lowest BCUT2D eigenvalue weighted by molar-refractivity contribution is -0.119. The molecule has 1 aromatic carbocycles. The van der Waals surface area contributed by atoms with Crippen LogP contribution >= 0.6 is 0 Å². The number of aromatic nitrogens is 1. The van der Waals surface area contributed by atoms with Gasteiger partial charge in [0, 0.05) is 54.4 Å². The molecule has 1 aromatic heterocycles. The predicted molar refractivity (Wildman–Crippen MR) is 161 cm³/mol. The summed E-state index contributed by atoms with van der Waals surface area (Å²) in [7, 11) is 0. The summed E-state index contributed by atoms with van der Waals surface area (Å²) in [6.07, 6.45) is 10.4. The first-order chi connectivity index (χ1) is 19.1. The van der Waals surface area contributed by atoms with E-state index in [-0.39, 0.29) is 41.9 Å². The number of nitrogens with zero attached hydrogens (tertiary/aromatic N) is 3. The molecule has 0 radical (unpaired) electrons. The number of aryl methyl sites for hydroxylation is 1. The number of carbonyl (C=O) groups is 1. The first-order valence-electron chi connectivity index (χ1n) is 14.6. The van der Waals surface area contributed by atoms with Gasteiger partial charge in [0.15, 0.2) is 5.78 Å². The molecule has 2 aliphatic heterocycles. The molecule has 2 bridgehead atoms. The fraction of sp³-hybridized carbons (Fsp3) is 0.485. The summed E-state index contributed by atoms with van der Waals surface area (Å²) in [5.41, 5.74) is 11.2. The molecule has 1 saturated heterocycles. The Morgan fingerprint density at radius 3 is 2.65 bits per heavy atom. The van der Waals surface area contributed by atoms with Crippen molar-refractivity contribution in [3.8, 4) is 11.1 Å². The molecule has 5 rings (SSSR count). The zero-order valence-electron chi connectivity index (χ0n) is 24.2. The highest BCUT2D eigenvalue weighted by Crippen LogP contribution is 2.40. The van der Waals surface area contributed by atoms with Crippen LogP contribution in [0.25, 0.3) is 16.7 Å². The highest BCUT2D eigenvalue weighted by atomic mass is 16.3. The maximum Gasteiger partial charge on any atom is 0.250 e. The van der Waals surface area contributed by atoms with E-state index in [1.807, 2.05) is 6.07 Å².